The number of ether oxygens (including phenoxy) is 2. The molecular formula is C17H29N3O6. The molecule has 2 N–H and O–H groups in total. The van der Waals surface area contributed by atoms with Gasteiger partial charge in [0, 0.05) is 12.7 Å². The molecule has 0 unspecified atom stereocenters. The zero-order valence-electron chi connectivity index (χ0n) is 16.3. The number of nitrogens with two attached hydrogens (primary N) is 1. The van der Waals surface area contributed by atoms with E-state index in [1.807, 2.05) is 13.8 Å². The summed E-state index contributed by atoms with van der Waals surface area (Å²) in [6.07, 6.45) is -0.362. The van der Waals surface area contributed by atoms with E-state index < -0.39 is 11.8 Å². The van der Waals surface area contributed by atoms with Crippen LogP contribution in [0.15, 0.2) is 6.07 Å². The fourth-order valence-electron chi connectivity index (χ4n) is 1.38. The van der Waals surface area contributed by atoms with Gasteiger partial charge in [0.2, 0.25) is 5.78 Å². The molecule has 0 radical (unpaired) electrons. The van der Waals surface area contributed by atoms with Crippen molar-refractivity contribution in [2.75, 3.05) is 19.8 Å². The van der Waals surface area contributed by atoms with Crippen LogP contribution in [0.5, 0.6) is 0 Å². The maximum atomic E-state index is 11.1. The van der Waals surface area contributed by atoms with E-state index in [-0.39, 0.29) is 24.8 Å². The summed E-state index contributed by atoms with van der Waals surface area (Å²) in [6, 6.07) is 1.71. The van der Waals surface area contributed by atoms with Crippen molar-refractivity contribution in [1.29, 1.82) is 0 Å². The zero-order valence-corrected chi connectivity index (χ0v) is 16.3. The standard InChI is InChI=1S/C8H12N2O2.C7H10O4.C2H7N/c1-4-12-8(11)7-5-6(2)10(3)9-7;1-3-11-7(10)6(9)4-5(2)8;1-2-3/h5H,4H2,1-3H3;3-4H2,1-2H3;2-3H2,1H3. The van der Waals surface area contributed by atoms with Gasteiger partial charge in [0.25, 0.3) is 0 Å². The molecule has 9 nitrogen and oxygen atoms in total. The van der Waals surface area contributed by atoms with Crippen molar-refractivity contribution in [2.45, 2.75) is 41.0 Å². The van der Waals surface area contributed by atoms with Gasteiger partial charge in [-0.25, -0.2) is 9.59 Å². The molecule has 0 aromatic carbocycles. The summed E-state index contributed by atoms with van der Waals surface area (Å²) in [5, 5.41) is 3.97. The second-order valence-corrected chi connectivity index (χ2v) is 4.95. The van der Waals surface area contributed by atoms with E-state index in [1.165, 1.54) is 6.92 Å². The number of aryl methyl sites for hydroxylation is 2. The van der Waals surface area contributed by atoms with E-state index in [2.05, 4.69) is 9.84 Å². The minimum absolute atomic E-state index is 0.155. The van der Waals surface area contributed by atoms with E-state index in [1.54, 1.807) is 31.6 Å². The maximum Gasteiger partial charge on any atom is 0.375 e. The molecule has 0 bridgehead atoms. The monoisotopic (exact) mass is 371 g/mol. The highest BCUT2D eigenvalue weighted by molar-refractivity contribution is 6.36. The van der Waals surface area contributed by atoms with Crippen molar-refractivity contribution < 1.29 is 28.7 Å². The largest absolute Gasteiger partial charge is 0.461 e. The fourth-order valence-corrected chi connectivity index (χ4v) is 1.38. The lowest BCUT2D eigenvalue weighted by atomic mass is 10.2. The lowest BCUT2D eigenvalue weighted by molar-refractivity contribution is -0.154. The second-order valence-electron chi connectivity index (χ2n) is 4.95. The second kappa shape index (κ2) is 14.8. The van der Waals surface area contributed by atoms with E-state index in [9.17, 15) is 19.2 Å². The zero-order chi connectivity index (χ0) is 20.7. The van der Waals surface area contributed by atoms with Gasteiger partial charge in [-0.05, 0) is 40.3 Å². The molecule has 0 amide bonds. The van der Waals surface area contributed by atoms with Crippen molar-refractivity contribution in [1.82, 2.24) is 9.78 Å². The van der Waals surface area contributed by atoms with Gasteiger partial charge in [0.1, 0.15) is 5.78 Å². The summed E-state index contributed by atoms with van der Waals surface area (Å²) < 4.78 is 10.8. The Kier molecular flexibility index (Phi) is 14.6. The molecule has 0 atom stereocenters. The summed E-state index contributed by atoms with van der Waals surface area (Å²) in [5.41, 5.74) is 6.16. The first-order valence-corrected chi connectivity index (χ1v) is 8.21. The summed E-state index contributed by atoms with van der Waals surface area (Å²) >= 11 is 0. The number of carbonyl (C=O) groups excluding carboxylic acids is 4. The van der Waals surface area contributed by atoms with Crippen LogP contribution in [0, 0.1) is 6.92 Å². The predicted molar refractivity (Wildman–Crippen MR) is 95.6 cm³/mol. The SMILES string of the molecule is CCN.CCOC(=O)C(=O)CC(C)=O.CCOC(=O)c1cc(C)n(C)n1. The number of ketones is 2. The van der Waals surface area contributed by atoms with Crippen LogP contribution in [-0.2, 0) is 30.9 Å². The number of aromatic nitrogens is 2. The third kappa shape index (κ3) is 11.9. The molecule has 1 aromatic heterocycles. The van der Waals surface area contributed by atoms with E-state index in [0.29, 0.717) is 12.3 Å². The molecule has 9 heteroatoms. The number of hydrogen-bond donors (Lipinski definition) is 1. The Bertz CT molecular complexity index is 576. The van der Waals surface area contributed by atoms with Gasteiger partial charge >= 0.3 is 11.9 Å². The molecule has 0 saturated carbocycles. The third-order valence-corrected chi connectivity index (χ3v) is 2.51. The van der Waals surface area contributed by atoms with Gasteiger partial charge in [0.05, 0.1) is 19.6 Å². The highest BCUT2D eigenvalue weighted by Crippen LogP contribution is 2.02. The number of nitrogens with zero attached hydrogens (tertiary/aromatic N) is 2. The Morgan fingerprint density at radius 1 is 1.12 bits per heavy atom. The van der Waals surface area contributed by atoms with Crippen molar-refractivity contribution in [3.05, 3.63) is 17.5 Å². The fraction of sp³-hybridized carbons (Fsp3) is 0.588. The lowest BCUT2D eigenvalue weighted by Gasteiger charge is -1.97. The Morgan fingerprint density at radius 2 is 1.62 bits per heavy atom. The van der Waals surface area contributed by atoms with Crippen molar-refractivity contribution >= 4 is 23.5 Å². The van der Waals surface area contributed by atoms with Gasteiger partial charge in [-0.1, -0.05) is 6.92 Å². The van der Waals surface area contributed by atoms with Crippen molar-refractivity contribution in [3.63, 3.8) is 0 Å². The summed E-state index contributed by atoms with van der Waals surface area (Å²) in [5.74, 6) is -2.40. The number of carbonyl (C=O) groups is 4. The maximum absolute atomic E-state index is 11.1. The summed E-state index contributed by atoms with van der Waals surface area (Å²) in [7, 11) is 1.79. The minimum atomic E-state index is -0.928. The van der Waals surface area contributed by atoms with Crippen LogP contribution in [0.1, 0.15) is 50.3 Å². The first-order chi connectivity index (χ1) is 12.1. The molecule has 0 fully saturated rings. The van der Waals surface area contributed by atoms with Gasteiger partial charge in [-0.3, -0.25) is 14.3 Å². The number of Topliss-reactive ketones (excluding diaryl/α,β-unsaturated/α-hetero) is 2. The highest BCUT2D eigenvalue weighted by atomic mass is 16.5. The van der Waals surface area contributed by atoms with Crippen LogP contribution < -0.4 is 5.73 Å². The lowest BCUT2D eigenvalue weighted by Crippen LogP contribution is -2.19. The molecule has 1 aromatic rings. The Hall–Kier alpha value is -2.55. The number of esters is 2. The smallest absolute Gasteiger partial charge is 0.375 e. The predicted octanol–water partition coefficient (Wildman–Crippen LogP) is 0.968. The van der Waals surface area contributed by atoms with Crippen LogP contribution in [-0.4, -0.2) is 53.0 Å². The molecule has 1 rings (SSSR count). The number of hydrogen-bond acceptors (Lipinski definition) is 8. The van der Waals surface area contributed by atoms with E-state index in [0.717, 1.165) is 12.2 Å². The molecule has 1 heterocycles. The number of rotatable bonds is 6. The van der Waals surface area contributed by atoms with Crippen LogP contribution in [0.3, 0.4) is 0 Å². The summed E-state index contributed by atoms with van der Waals surface area (Å²) in [4.78, 5) is 42.6. The minimum Gasteiger partial charge on any atom is -0.461 e. The molecule has 0 spiro atoms. The average Bonchev–Trinajstić information content (AvgIpc) is 2.88. The van der Waals surface area contributed by atoms with Gasteiger partial charge in [-0.2, -0.15) is 5.10 Å². The molecule has 0 aliphatic carbocycles. The molecule has 0 aliphatic heterocycles. The van der Waals surface area contributed by atoms with Gasteiger partial charge in [-0.15, -0.1) is 0 Å². The quantitative estimate of drug-likeness (QED) is 0.444. The first kappa shape index (κ1) is 25.7. The Labute approximate surface area is 153 Å². The van der Waals surface area contributed by atoms with Crippen LogP contribution in [0.4, 0.5) is 0 Å². The van der Waals surface area contributed by atoms with E-state index >= 15 is 0 Å². The summed E-state index contributed by atoms with van der Waals surface area (Å²) in [6.45, 7) is 9.69. The Morgan fingerprint density at radius 3 is 1.96 bits per heavy atom. The van der Waals surface area contributed by atoms with E-state index in [4.69, 9.17) is 10.5 Å². The van der Waals surface area contributed by atoms with Crippen molar-refractivity contribution in [2.24, 2.45) is 12.8 Å². The van der Waals surface area contributed by atoms with Gasteiger partial charge in [0.15, 0.2) is 5.69 Å². The normalized spacial score (nSPS) is 9.04. The van der Waals surface area contributed by atoms with Crippen LogP contribution in [0.25, 0.3) is 0 Å². The van der Waals surface area contributed by atoms with Crippen LogP contribution >= 0.6 is 0 Å². The molecule has 26 heavy (non-hydrogen) atoms. The topological polar surface area (TPSA) is 131 Å². The first-order valence-electron chi connectivity index (χ1n) is 8.21. The highest BCUT2D eigenvalue weighted by Gasteiger charge is 2.15. The average molecular weight is 371 g/mol. The molecule has 0 aliphatic rings. The Balaban J connectivity index is 0. The van der Waals surface area contributed by atoms with Gasteiger partial charge < -0.3 is 15.2 Å². The molecule has 0 saturated heterocycles. The van der Waals surface area contributed by atoms with Crippen molar-refractivity contribution in [3.8, 4) is 0 Å². The molecule has 148 valence electrons. The molecular weight excluding hydrogens is 342 g/mol. The third-order valence-electron chi connectivity index (χ3n) is 2.51. The van der Waals surface area contributed by atoms with Crippen LogP contribution in [0.2, 0.25) is 0 Å².